The molecule has 1 aliphatic rings. The number of aromatic amines is 1. The van der Waals surface area contributed by atoms with Gasteiger partial charge in [-0.25, -0.2) is 4.98 Å². The summed E-state index contributed by atoms with van der Waals surface area (Å²) in [6, 6.07) is 13.0. The Morgan fingerprint density at radius 3 is 2.83 bits per heavy atom. The monoisotopic (exact) mass is 523 g/mol. The van der Waals surface area contributed by atoms with Gasteiger partial charge in [-0.3, -0.25) is 10.1 Å². The Bertz CT molecular complexity index is 887. The molecule has 0 atom stereocenters. The molecule has 0 bridgehead atoms. The lowest BCUT2D eigenvalue weighted by Gasteiger charge is -2.33. The van der Waals surface area contributed by atoms with Gasteiger partial charge in [0.15, 0.2) is 11.8 Å². The Labute approximate surface area is 192 Å². The van der Waals surface area contributed by atoms with Gasteiger partial charge in [-0.1, -0.05) is 18.2 Å². The minimum Gasteiger partial charge on any atom is -0.363 e. The highest BCUT2D eigenvalue weighted by molar-refractivity contribution is 14.0. The third-order valence-corrected chi connectivity index (χ3v) is 5.88. The molecule has 3 N–H and O–H groups in total. The van der Waals surface area contributed by atoms with Crippen LogP contribution in [0, 0.1) is 0 Å². The summed E-state index contributed by atoms with van der Waals surface area (Å²) in [4.78, 5) is 11.1. The summed E-state index contributed by atoms with van der Waals surface area (Å²) in [6.45, 7) is 2.86. The van der Waals surface area contributed by atoms with Crippen LogP contribution in [0.15, 0.2) is 53.1 Å². The molecule has 154 valence electrons. The lowest BCUT2D eigenvalue weighted by molar-refractivity contribution is 0.463. The van der Waals surface area contributed by atoms with Crippen molar-refractivity contribution in [3.8, 4) is 11.4 Å². The largest absolute Gasteiger partial charge is 0.363 e. The molecule has 0 amide bonds. The quantitative estimate of drug-likeness (QED) is 0.271. The van der Waals surface area contributed by atoms with E-state index in [-0.39, 0.29) is 24.0 Å². The van der Waals surface area contributed by atoms with Crippen LogP contribution >= 0.6 is 35.3 Å². The number of aliphatic imine (C=N–C) groups is 1. The molecular weight excluding hydrogens is 497 g/mol. The van der Waals surface area contributed by atoms with Crippen LogP contribution in [0.4, 0.5) is 5.00 Å². The maximum absolute atomic E-state index is 4.39. The molecule has 4 rings (SSSR count). The average molecular weight is 523 g/mol. The Balaban J connectivity index is 0.00000240. The van der Waals surface area contributed by atoms with E-state index < -0.39 is 0 Å². The first-order valence-electron chi connectivity index (χ1n) is 9.52. The van der Waals surface area contributed by atoms with Crippen molar-refractivity contribution in [2.24, 2.45) is 4.99 Å². The zero-order chi connectivity index (χ0) is 19.2. The van der Waals surface area contributed by atoms with Gasteiger partial charge in [0, 0.05) is 38.3 Å². The first-order valence-corrected chi connectivity index (χ1v) is 10.4. The number of hydrogen-bond acceptors (Lipinski definition) is 5. The second kappa shape index (κ2) is 10.6. The number of benzene rings is 1. The van der Waals surface area contributed by atoms with E-state index >= 15 is 0 Å². The fourth-order valence-electron chi connectivity index (χ4n) is 3.44. The Morgan fingerprint density at radius 1 is 1.28 bits per heavy atom. The van der Waals surface area contributed by atoms with E-state index in [2.05, 4.69) is 65.4 Å². The van der Waals surface area contributed by atoms with Gasteiger partial charge >= 0.3 is 0 Å². The number of rotatable bonds is 5. The number of piperidine rings is 1. The standard InChI is InChI=1S/C20H25N7S.HI/c1-21-20(25-17-7-9-27(10-8-17)18-6-3-11-28-18)22-13-15-4-2-5-16(12-15)19-23-14-24-26-19;/h2-6,11-12,14,17H,7-10,13H2,1H3,(H2,21,22,25)(H,23,24,26);1H. The van der Waals surface area contributed by atoms with Gasteiger partial charge < -0.3 is 15.5 Å². The zero-order valence-electron chi connectivity index (χ0n) is 16.3. The van der Waals surface area contributed by atoms with E-state index in [1.165, 1.54) is 16.9 Å². The van der Waals surface area contributed by atoms with E-state index in [1.807, 2.05) is 30.5 Å². The topological polar surface area (TPSA) is 81.2 Å². The molecule has 7 nitrogen and oxygen atoms in total. The first-order chi connectivity index (χ1) is 13.8. The number of nitrogens with one attached hydrogen (secondary N) is 3. The predicted molar refractivity (Wildman–Crippen MR) is 130 cm³/mol. The van der Waals surface area contributed by atoms with Crippen LogP contribution in [0.2, 0.25) is 0 Å². The van der Waals surface area contributed by atoms with Crippen molar-refractivity contribution in [1.82, 2.24) is 25.8 Å². The summed E-state index contributed by atoms with van der Waals surface area (Å²) in [7, 11) is 1.82. The van der Waals surface area contributed by atoms with Crippen LogP contribution in [0.5, 0.6) is 0 Å². The summed E-state index contributed by atoms with van der Waals surface area (Å²) in [5.74, 6) is 1.63. The van der Waals surface area contributed by atoms with E-state index in [1.54, 1.807) is 0 Å². The average Bonchev–Trinajstić information content (AvgIpc) is 3.46. The second-order valence-corrected chi connectivity index (χ2v) is 7.74. The highest BCUT2D eigenvalue weighted by atomic mass is 127. The molecule has 9 heteroatoms. The van der Waals surface area contributed by atoms with E-state index in [0.717, 1.165) is 43.3 Å². The molecule has 3 aromatic rings. The SMILES string of the molecule is CN=C(NCc1cccc(-c2ncn[nH]2)c1)NC1CCN(c2cccs2)CC1.I. The van der Waals surface area contributed by atoms with Crippen LogP contribution in [-0.4, -0.2) is 47.3 Å². The molecule has 0 aliphatic carbocycles. The fourth-order valence-corrected chi connectivity index (χ4v) is 4.23. The molecule has 2 aromatic heterocycles. The lowest BCUT2D eigenvalue weighted by Crippen LogP contribution is -2.48. The van der Waals surface area contributed by atoms with Crippen molar-refractivity contribution in [3.63, 3.8) is 0 Å². The van der Waals surface area contributed by atoms with Crippen molar-refractivity contribution in [2.75, 3.05) is 25.0 Å². The molecule has 1 saturated heterocycles. The van der Waals surface area contributed by atoms with E-state index in [9.17, 15) is 0 Å². The maximum Gasteiger partial charge on any atom is 0.191 e. The number of hydrogen-bond donors (Lipinski definition) is 3. The van der Waals surface area contributed by atoms with Gasteiger partial charge in [0.2, 0.25) is 0 Å². The number of halogens is 1. The summed E-state index contributed by atoms with van der Waals surface area (Å²) in [6.07, 6.45) is 3.74. The number of anilines is 1. The summed E-state index contributed by atoms with van der Waals surface area (Å²) >= 11 is 1.81. The van der Waals surface area contributed by atoms with Gasteiger partial charge in [0.05, 0.1) is 5.00 Å². The van der Waals surface area contributed by atoms with E-state index in [0.29, 0.717) is 12.6 Å². The van der Waals surface area contributed by atoms with Crippen molar-refractivity contribution < 1.29 is 0 Å². The number of thiophene rings is 1. The summed E-state index contributed by atoms with van der Waals surface area (Å²) in [5, 5.41) is 17.3. The minimum absolute atomic E-state index is 0. The Hall–Kier alpha value is -2.14. The lowest BCUT2D eigenvalue weighted by atomic mass is 10.1. The second-order valence-electron chi connectivity index (χ2n) is 6.82. The molecule has 29 heavy (non-hydrogen) atoms. The number of guanidine groups is 1. The normalized spacial score (nSPS) is 15.1. The van der Waals surface area contributed by atoms with Crippen molar-refractivity contribution in [3.05, 3.63) is 53.7 Å². The van der Waals surface area contributed by atoms with Gasteiger partial charge in [-0.15, -0.1) is 35.3 Å². The van der Waals surface area contributed by atoms with Crippen molar-refractivity contribution in [1.29, 1.82) is 0 Å². The predicted octanol–water partition coefficient (Wildman–Crippen LogP) is 3.49. The van der Waals surface area contributed by atoms with Gasteiger partial charge in [0.1, 0.15) is 6.33 Å². The molecule has 0 unspecified atom stereocenters. The molecule has 0 saturated carbocycles. The molecule has 1 aliphatic heterocycles. The van der Waals surface area contributed by atoms with Crippen molar-refractivity contribution in [2.45, 2.75) is 25.4 Å². The highest BCUT2D eigenvalue weighted by Gasteiger charge is 2.20. The molecular formula is C20H26IN7S. The van der Waals surface area contributed by atoms with Crippen LogP contribution < -0.4 is 15.5 Å². The molecule has 1 aromatic carbocycles. The summed E-state index contributed by atoms with van der Waals surface area (Å²) < 4.78 is 0. The van der Waals surface area contributed by atoms with Crippen LogP contribution in [0.1, 0.15) is 18.4 Å². The van der Waals surface area contributed by atoms with Gasteiger partial charge in [-0.2, -0.15) is 5.10 Å². The highest BCUT2D eigenvalue weighted by Crippen LogP contribution is 2.24. The number of nitrogens with zero attached hydrogens (tertiary/aromatic N) is 4. The minimum atomic E-state index is 0. The summed E-state index contributed by atoms with van der Waals surface area (Å²) in [5.41, 5.74) is 2.20. The Morgan fingerprint density at radius 2 is 2.14 bits per heavy atom. The zero-order valence-corrected chi connectivity index (χ0v) is 19.5. The van der Waals surface area contributed by atoms with E-state index in [4.69, 9.17) is 0 Å². The third-order valence-electron chi connectivity index (χ3n) is 4.95. The fraction of sp³-hybridized carbons (Fsp3) is 0.350. The number of aromatic nitrogens is 3. The smallest absolute Gasteiger partial charge is 0.191 e. The third kappa shape index (κ3) is 5.69. The molecule has 3 heterocycles. The molecule has 0 spiro atoms. The van der Waals surface area contributed by atoms with Crippen LogP contribution in [-0.2, 0) is 6.54 Å². The Kier molecular flexibility index (Phi) is 7.87. The molecule has 1 fully saturated rings. The maximum atomic E-state index is 4.39. The van der Waals surface area contributed by atoms with Crippen LogP contribution in [0.25, 0.3) is 11.4 Å². The van der Waals surface area contributed by atoms with Crippen molar-refractivity contribution >= 4 is 46.3 Å². The number of H-pyrrole nitrogens is 1. The molecule has 0 radical (unpaired) electrons. The van der Waals surface area contributed by atoms with Gasteiger partial charge in [0.25, 0.3) is 0 Å². The first kappa shape index (κ1) is 21.6. The van der Waals surface area contributed by atoms with Crippen LogP contribution in [0.3, 0.4) is 0 Å². The van der Waals surface area contributed by atoms with Gasteiger partial charge in [-0.05, 0) is 42.0 Å².